The number of aryl methyl sites for hydroxylation is 2. The zero-order valence-corrected chi connectivity index (χ0v) is 15.0. The molecule has 4 rings (SSSR count). The van der Waals surface area contributed by atoms with Gasteiger partial charge in [-0.2, -0.15) is 0 Å². The molecule has 0 aliphatic carbocycles. The molecule has 0 fully saturated rings. The maximum atomic E-state index is 5.80. The van der Waals surface area contributed by atoms with Gasteiger partial charge in [-0.3, -0.25) is 4.40 Å². The fourth-order valence-electron chi connectivity index (χ4n) is 2.65. The molecular weight excluding hydrogens is 366 g/mol. The third-order valence-corrected chi connectivity index (χ3v) is 4.34. The topological polar surface area (TPSA) is 42.5 Å². The van der Waals surface area contributed by atoms with Crippen molar-refractivity contribution < 1.29 is 4.42 Å². The van der Waals surface area contributed by atoms with Crippen LogP contribution in [0.1, 0.15) is 11.3 Å². The molecule has 5 heteroatoms. The van der Waals surface area contributed by atoms with Gasteiger partial charge in [0.2, 0.25) is 0 Å². The van der Waals surface area contributed by atoms with Gasteiger partial charge in [-0.25, -0.2) is 4.98 Å². The number of aromatic nitrogens is 2. The number of nitrogens with zero attached hydrogens (tertiary/aromatic N) is 2. The van der Waals surface area contributed by atoms with Crippen LogP contribution in [0.4, 0.5) is 11.5 Å². The van der Waals surface area contributed by atoms with Crippen LogP contribution >= 0.6 is 15.9 Å². The predicted octanol–water partition coefficient (Wildman–Crippen LogP) is 5.72. The summed E-state index contributed by atoms with van der Waals surface area (Å²) in [5, 5.41) is 3.48. The summed E-state index contributed by atoms with van der Waals surface area (Å²) in [4.78, 5) is 4.74. The van der Waals surface area contributed by atoms with Gasteiger partial charge in [-0.1, -0.05) is 17.7 Å². The zero-order chi connectivity index (χ0) is 16.7. The summed E-state index contributed by atoms with van der Waals surface area (Å²) >= 11 is 3.53. The van der Waals surface area contributed by atoms with Crippen LogP contribution in [-0.4, -0.2) is 9.38 Å². The standard InChI is InChI=1S/C19H16BrN3O/c1-12-3-7-15(8-4-12)21-19-18(16-9-5-13(2)24-16)22-17-10-6-14(20)11-23(17)19/h3-11,21H,1-2H3. The minimum atomic E-state index is 0.752. The maximum Gasteiger partial charge on any atom is 0.156 e. The lowest BCUT2D eigenvalue weighted by atomic mass is 10.2. The molecular formula is C19H16BrN3O. The highest BCUT2D eigenvalue weighted by Gasteiger charge is 2.17. The fourth-order valence-corrected chi connectivity index (χ4v) is 2.98. The van der Waals surface area contributed by atoms with E-state index in [0.29, 0.717) is 0 Å². The molecule has 1 aromatic carbocycles. The Morgan fingerprint density at radius 2 is 1.79 bits per heavy atom. The average molecular weight is 382 g/mol. The van der Waals surface area contributed by atoms with Crippen molar-refractivity contribution in [2.75, 3.05) is 5.32 Å². The molecule has 0 amide bonds. The molecule has 0 spiro atoms. The van der Waals surface area contributed by atoms with Gasteiger partial charge in [0.05, 0.1) is 0 Å². The van der Waals surface area contributed by atoms with Crippen LogP contribution in [0.15, 0.2) is 63.6 Å². The number of imidazole rings is 1. The van der Waals surface area contributed by atoms with Crippen molar-refractivity contribution in [3.8, 4) is 11.5 Å². The van der Waals surface area contributed by atoms with Gasteiger partial charge in [-0.05, 0) is 66.2 Å². The lowest BCUT2D eigenvalue weighted by Crippen LogP contribution is -1.96. The van der Waals surface area contributed by atoms with E-state index in [2.05, 4.69) is 52.4 Å². The number of fused-ring (bicyclic) bond motifs is 1. The Hall–Kier alpha value is -2.53. The molecule has 120 valence electrons. The van der Waals surface area contributed by atoms with Crippen molar-refractivity contribution in [2.45, 2.75) is 13.8 Å². The maximum absolute atomic E-state index is 5.80. The fraction of sp³-hybridized carbons (Fsp3) is 0.105. The number of hydrogen-bond donors (Lipinski definition) is 1. The van der Waals surface area contributed by atoms with Gasteiger partial charge in [0.15, 0.2) is 5.76 Å². The summed E-state index contributed by atoms with van der Waals surface area (Å²) in [6.45, 7) is 4.01. The lowest BCUT2D eigenvalue weighted by molar-refractivity contribution is 0.547. The highest BCUT2D eigenvalue weighted by molar-refractivity contribution is 9.10. The monoisotopic (exact) mass is 381 g/mol. The predicted molar refractivity (Wildman–Crippen MR) is 99.8 cm³/mol. The van der Waals surface area contributed by atoms with E-state index in [4.69, 9.17) is 9.40 Å². The highest BCUT2D eigenvalue weighted by Crippen LogP contribution is 2.33. The van der Waals surface area contributed by atoms with Crippen LogP contribution in [0.3, 0.4) is 0 Å². The van der Waals surface area contributed by atoms with Gasteiger partial charge in [0.25, 0.3) is 0 Å². The molecule has 0 bridgehead atoms. The van der Waals surface area contributed by atoms with Crippen LogP contribution < -0.4 is 5.32 Å². The van der Waals surface area contributed by atoms with Crippen LogP contribution in [0.5, 0.6) is 0 Å². The number of hydrogen-bond acceptors (Lipinski definition) is 3. The minimum Gasteiger partial charge on any atom is -0.460 e. The molecule has 0 saturated carbocycles. The van der Waals surface area contributed by atoms with E-state index in [1.165, 1.54) is 5.56 Å². The van der Waals surface area contributed by atoms with E-state index in [0.717, 1.165) is 38.8 Å². The minimum absolute atomic E-state index is 0.752. The first-order valence-electron chi connectivity index (χ1n) is 7.68. The van der Waals surface area contributed by atoms with Gasteiger partial charge in [-0.15, -0.1) is 0 Å². The average Bonchev–Trinajstić information content (AvgIpc) is 3.14. The first-order valence-corrected chi connectivity index (χ1v) is 8.47. The number of pyridine rings is 1. The summed E-state index contributed by atoms with van der Waals surface area (Å²) in [5.41, 5.74) is 3.88. The number of nitrogens with one attached hydrogen (secondary N) is 1. The van der Waals surface area contributed by atoms with Gasteiger partial charge >= 0.3 is 0 Å². The smallest absolute Gasteiger partial charge is 0.156 e. The molecule has 0 aliphatic heterocycles. The molecule has 0 saturated heterocycles. The van der Waals surface area contributed by atoms with Crippen molar-refractivity contribution in [3.05, 3.63) is 70.5 Å². The van der Waals surface area contributed by atoms with E-state index in [1.807, 2.05) is 41.8 Å². The number of rotatable bonds is 3. The van der Waals surface area contributed by atoms with Crippen molar-refractivity contribution in [1.29, 1.82) is 0 Å². The summed E-state index contributed by atoms with van der Waals surface area (Å²) in [7, 11) is 0. The normalized spacial score (nSPS) is 11.1. The largest absolute Gasteiger partial charge is 0.460 e. The van der Waals surface area contributed by atoms with E-state index < -0.39 is 0 Å². The first kappa shape index (κ1) is 15.0. The molecule has 4 nitrogen and oxygen atoms in total. The molecule has 0 aliphatic rings. The Bertz CT molecular complexity index is 1010. The van der Waals surface area contributed by atoms with Crippen LogP contribution in [0.25, 0.3) is 17.1 Å². The molecule has 1 N–H and O–H groups in total. The van der Waals surface area contributed by atoms with Gasteiger partial charge in [0, 0.05) is 16.4 Å². The number of anilines is 2. The van der Waals surface area contributed by atoms with Crippen LogP contribution in [0, 0.1) is 13.8 Å². The van der Waals surface area contributed by atoms with Crippen LogP contribution in [-0.2, 0) is 0 Å². The molecule has 0 radical (unpaired) electrons. The second-order valence-corrected chi connectivity index (χ2v) is 6.70. The molecule has 3 aromatic heterocycles. The molecule has 3 heterocycles. The quantitative estimate of drug-likeness (QED) is 0.493. The third kappa shape index (κ3) is 2.71. The first-order chi connectivity index (χ1) is 11.6. The summed E-state index contributed by atoms with van der Waals surface area (Å²) < 4.78 is 8.81. The Kier molecular flexibility index (Phi) is 3.65. The van der Waals surface area contributed by atoms with Gasteiger partial charge in [0.1, 0.15) is 22.9 Å². The second kappa shape index (κ2) is 5.83. The number of halogens is 1. The Balaban J connectivity index is 1.89. The van der Waals surface area contributed by atoms with Gasteiger partial charge < -0.3 is 9.73 Å². The van der Waals surface area contributed by atoms with Crippen molar-refractivity contribution in [2.24, 2.45) is 0 Å². The number of benzene rings is 1. The SMILES string of the molecule is Cc1ccc(Nc2c(-c3ccc(C)o3)nc3ccc(Br)cn23)cc1. The lowest BCUT2D eigenvalue weighted by Gasteiger charge is -2.08. The van der Waals surface area contributed by atoms with Crippen molar-refractivity contribution in [1.82, 2.24) is 9.38 Å². The molecule has 24 heavy (non-hydrogen) atoms. The molecule has 4 aromatic rings. The van der Waals surface area contributed by atoms with Crippen LogP contribution in [0.2, 0.25) is 0 Å². The van der Waals surface area contributed by atoms with E-state index in [9.17, 15) is 0 Å². The molecule has 0 atom stereocenters. The van der Waals surface area contributed by atoms with Crippen molar-refractivity contribution >= 4 is 33.1 Å². The van der Waals surface area contributed by atoms with Crippen molar-refractivity contribution in [3.63, 3.8) is 0 Å². The van der Waals surface area contributed by atoms with E-state index in [-0.39, 0.29) is 0 Å². The Morgan fingerprint density at radius 3 is 2.50 bits per heavy atom. The van der Waals surface area contributed by atoms with E-state index in [1.54, 1.807) is 0 Å². The third-order valence-electron chi connectivity index (χ3n) is 3.87. The Morgan fingerprint density at radius 1 is 1.00 bits per heavy atom. The summed E-state index contributed by atoms with van der Waals surface area (Å²) in [5.74, 6) is 2.50. The zero-order valence-electron chi connectivity index (χ0n) is 13.4. The molecule has 0 unspecified atom stereocenters. The Labute approximate surface area is 148 Å². The second-order valence-electron chi connectivity index (χ2n) is 5.79. The number of furan rings is 1. The highest BCUT2D eigenvalue weighted by atomic mass is 79.9. The summed E-state index contributed by atoms with van der Waals surface area (Å²) in [6, 6.07) is 16.1. The summed E-state index contributed by atoms with van der Waals surface area (Å²) in [6.07, 6.45) is 2.00. The van der Waals surface area contributed by atoms with E-state index >= 15 is 0 Å².